The molecule has 1 unspecified atom stereocenters. The number of benzene rings is 1. The predicted octanol–water partition coefficient (Wildman–Crippen LogP) is 2.96. The first-order valence-electron chi connectivity index (χ1n) is 6.24. The molecule has 0 bridgehead atoms. The lowest BCUT2D eigenvalue weighted by molar-refractivity contribution is 0.119. The Labute approximate surface area is 120 Å². The van der Waals surface area contributed by atoms with Gasteiger partial charge >= 0.3 is 0 Å². The van der Waals surface area contributed by atoms with Crippen molar-refractivity contribution in [2.75, 3.05) is 13.2 Å². The van der Waals surface area contributed by atoms with Crippen LogP contribution < -0.4 is 5.73 Å². The molecule has 2 N–H and O–H groups in total. The summed E-state index contributed by atoms with van der Waals surface area (Å²) in [6, 6.07) is 3.71. The van der Waals surface area contributed by atoms with Crippen LogP contribution in [0.3, 0.4) is 0 Å². The highest BCUT2D eigenvalue weighted by atomic mass is 35.5. The molecule has 20 heavy (non-hydrogen) atoms. The van der Waals surface area contributed by atoms with Gasteiger partial charge in [-0.05, 0) is 24.6 Å². The van der Waals surface area contributed by atoms with E-state index < -0.39 is 11.9 Å². The maximum absolute atomic E-state index is 13.7. The van der Waals surface area contributed by atoms with Crippen LogP contribution in [0.4, 0.5) is 4.39 Å². The molecule has 1 aromatic heterocycles. The van der Waals surface area contributed by atoms with Crippen molar-refractivity contribution in [3.05, 3.63) is 34.9 Å². The van der Waals surface area contributed by atoms with Gasteiger partial charge in [0.25, 0.3) is 5.89 Å². The zero-order chi connectivity index (χ0) is 14.5. The van der Waals surface area contributed by atoms with Crippen molar-refractivity contribution >= 4 is 11.6 Å². The van der Waals surface area contributed by atoms with E-state index in [1.54, 1.807) is 6.07 Å². The average Bonchev–Trinajstić information content (AvgIpc) is 2.88. The van der Waals surface area contributed by atoms with E-state index in [0.717, 1.165) is 6.42 Å². The summed E-state index contributed by atoms with van der Waals surface area (Å²) in [4.78, 5) is 4.08. The van der Waals surface area contributed by atoms with Crippen LogP contribution in [0.25, 0.3) is 11.5 Å². The van der Waals surface area contributed by atoms with E-state index in [1.165, 1.54) is 12.1 Å². The third-order valence-corrected chi connectivity index (χ3v) is 2.82. The van der Waals surface area contributed by atoms with Crippen LogP contribution in [-0.2, 0) is 4.74 Å². The average molecular weight is 300 g/mol. The lowest BCUT2D eigenvalue weighted by Gasteiger charge is -2.06. The van der Waals surface area contributed by atoms with Crippen molar-refractivity contribution in [2.24, 2.45) is 5.73 Å². The highest BCUT2D eigenvalue weighted by Gasteiger charge is 2.17. The topological polar surface area (TPSA) is 74.2 Å². The van der Waals surface area contributed by atoms with Gasteiger partial charge in [-0.15, -0.1) is 0 Å². The number of nitrogens with two attached hydrogens (primary N) is 1. The molecule has 0 saturated heterocycles. The third kappa shape index (κ3) is 3.53. The largest absolute Gasteiger partial charge is 0.379 e. The van der Waals surface area contributed by atoms with Gasteiger partial charge < -0.3 is 15.0 Å². The summed E-state index contributed by atoms with van der Waals surface area (Å²) in [5.74, 6) is -0.172. The van der Waals surface area contributed by atoms with E-state index in [4.69, 9.17) is 26.6 Å². The van der Waals surface area contributed by atoms with Crippen molar-refractivity contribution in [2.45, 2.75) is 19.4 Å². The van der Waals surface area contributed by atoms with Crippen LogP contribution in [0.5, 0.6) is 0 Å². The molecule has 0 radical (unpaired) electrons. The van der Waals surface area contributed by atoms with Gasteiger partial charge in [0.15, 0.2) is 5.82 Å². The van der Waals surface area contributed by atoms with E-state index in [1.807, 2.05) is 6.92 Å². The zero-order valence-electron chi connectivity index (χ0n) is 11.0. The van der Waals surface area contributed by atoms with Gasteiger partial charge in [-0.3, -0.25) is 0 Å². The van der Waals surface area contributed by atoms with Crippen LogP contribution in [0.15, 0.2) is 22.7 Å². The van der Waals surface area contributed by atoms with Crippen LogP contribution in [0.2, 0.25) is 5.02 Å². The summed E-state index contributed by atoms with van der Waals surface area (Å²) >= 11 is 5.69. The van der Waals surface area contributed by atoms with Crippen LogP contribution in [0, 0.1) is 5.82 Å². The molecule has 0 saturated carbocycles. The molecule has 2 aromatic rings. The fraction of sp³-hybridized carbons (Fsp3) is 0.385. The van der Waals surface area contributed by atoms with E-state index in [2.05, 4.69) is 10.1 Å². The summed E-state index contributed by atoms with van der Waals surface area (Å²) in [6.45, 7) is 2.90. The van der Waals surface area contributed by atoms with E-state index in [-0.39, 0.29) is 23.9 Å². The first-order chi connectivity index (χ1) is 9.61. The maximum atomic E-state index is 13.7. The Morgan fingerprint density at radius 1 is 1.50 bits per heavy atom. The smallest absolute Gasteiger partial charge is 0.260 e. The molecular formula is C13H15ClFN3O2. The summed E-state index contributed by atoms with van der Waals surface area (Å²) in [7, 11) is 0. The van der Waals surface area contributed by atoms with Crippen molar-refractivity contribution in [3.63, 3.8) is 0 Å². The van der Waals surface area contributed by atoms with Crippen molar-refractivity contribution in [1.82, 2.24) is 10.1 Å². The molecule has 0 fully saturated rings. The molecule has 0 amide bonds. The summed E-state index contributed by atoms with van der Waals surface area (Å²) in [5, 5.41) is 4.05. The second-order valence-corrected chi connectivity index (χ2v) is 4.70. The molecule has 0 aliphatic carbocycles. The van der Waals surface area contributed by atoms with Crippen LogP contribution in [-0.4, -0.2) is 23.4 Å². The first-order valence-corrected chi connectivity index (χ1v) is 6.62. The lowest BCUT2D eigenvalue weighted by Crippen LogP contribution is -2.18. The van der Waals surface area contributed by atoms with Gasteiger partial charge in [0.1, 0.15) is 5.82 Å². The molecule has 7 heteroatoms. The Kier molecular flexibility index (Phi) is 5.05. The molecule has 2 rings (SSSR count). The molecule has 1 atom stereocenters. The number of rotatable bonds is 6. The molecule has 108 valence electrons. The second-order valence-electron chi connectivity index (χ2n) is 4.26. The van der Waals surface area contributed by atoms with Gasteiger partial charge in [-0.25, -0.2) is 4.39 Å². The Hall–Kier alpha value is -1.50. The number of nitrogens with zero attached hydrogens (tertiary/aromatic N) is 2. The molecule has 0 aliphatic heterocycles. The third-order valence-electron chi connectivity index (χ3n) is 2.58. The molecule has 0 spiro atoms. The summed E-state index contributed by atoms with van der Waals surface area (Å²) in [5.41, 5.74) is 6.05. The molecule has 0 aliphatic rings. The summed E-state index contributed by atoms with van der Waals surface area (Å²) in [6.07, 6.45) is 0.903. The quantitative estimate of drug-likeness (QED) is 0.830. The normalized spacial score (nSPS) is 12.6. The monoisotopic (exact) mass is 299 g/mol. The molecule has 5 nitrogen and oxygen atoms in total. The highest BCUT2D eigenvalue weighted by molar-refractivity contribution is 6.30. The zero-order valence-corrected chi connectivity index (χ0v) is 11.7. The van der Waals surface area contributed by atoms with Gasteiger partial charge in [0, 0.05) is 11.6 Å². The van der Waals surface area contributed by atoms with Gasteiger partial charge in [0.05, 0.1) is 18.2 Å². The van der Waals surface area contributed by atoms with E-state index in [9.17, 15) is 4.39 Å². The number of hydrogen-bond donors (Lipinski definition) is 1. The van der Waals surface area contributed by atoms with Gasteiger partial charge in [-0.2, -0.15) is 4.98 Å². The van der Waals surface area contributed by atoms with Gasteiger partial charge in [0.2, 0.25) is 0 Å². The Morgan fingerprint density at radius 2 is 2.30 bits per heavy atom. The minimum atomic E-state index is -0.525. The number of ether oxygens (including phenoxy) is 1. The minimum Gasteiger partial charge on any atom is -0.379 e. The molecule has 1 heterocycles. The molecular weight excluding hydrogens is 285 g/mol. The number of hydrogen-bond acceptors (Lipinski definition) is 5. The summed E-state index contributed by atoms with van der Waals surface area (Å²) < 4.78 is 24.1. The maximum Gasteiger partial charge on any atom is 0.260 e. The van der Waals surface area contributed by atoms with Crippen LogP contribution >= 0.6 is 11.6 Å². The van der Waals surface area contributed by atoms with Crippen LogP contribution in [0.1, 0.15) is 25.2 Å². The number of halogens is 2. The standard InChI is InChI=1S/C13H15ClFN3O2/c1-2-5-19-7-11(16)12-17-13(20-18-12)9-4-3-8(14)6-10(9)15/h3-4,6,11H,2,5,7,16H2,1H3. The molecule has 1 aromatic carbocycles. The van der Waals surface area contributed by atoms with Crippen molar-refractivity contribution < 1.29 is 13.7 Å². The number of aromatic nitrogens is 2. The fourth-order valence-corrected chi connectivity index (χ4v) is 1.75. The Balaban J connectivity index is 2.12. The van der Waals surface area contributed by atoms with E-state index in [0.29, 0.717) is 11.6 Å². The van der Waals surface area contributed by atoms with Gasteiger partial charge in [-0.1, -0.05) is 23.7 Å². The van der Waals surface area contributed by atoms with E-state index >= 15 is 0 Å². The minimum absolute atomic E-state index is 0.0695. The Morgan fingerprint density at radius 3 is 3.00 bits per heavy atom. The first kappa shape index (κ1) is 14.9. The van der Waals surface area contributed by atoms with Crippen molar-refractivity contribution in [1.29, 1.82) is 0 Å². The second kappa shape index (κ2) is 6.78. The lowest BCUT2D eigenvalue weighted by atomic mass is 10.2. The fourth-order valence-electron chi connectivity index (χ4n) is 1.59. The Bertz CT molecular complexity index is 576. The predicted molar refractivity (Wildman–Crippen MR) is 72.7 cm³/mol. The van der Waals surface area contributed by atoms with Crippen molar-refractivity contribution in [3.8, 4) is 11.5 Å². The SMILES string of the molecule is CCCOCC(N)c1noc(-c2ccc(Cl)cc2F)n1. The highest BCUT2D eigenvalue weighted by Crippen LogP contribution is 2.24.